The lowest BCUT2D eigenvalue weighted by Crippen LogP contribution is -2.41. The van der Waals surface area contributed by atoms with Crippen molar-refractivity contribution in [2.24, 2.45) is 34.5 Å². The Morgan fingerprint density at radius 1 is 0.553 bits per heavy atom. The molecule has 14 rings (SSSR count). The van der Waals surface area contributed by atoms with E-state index in [1.165, 1.54) is 125 Å². The fourth-order valence-electron chi connectivity index (χ4n) is 15.6. The van der Waals surface area contributed by atoms with Gasteiger partial charge >= 0.3 is 0 Å². The van der Waals surface area contributed by atoms with Crippen molar-refractivity contribution in [3.05, 3.63) is 76.4 Å². The Bertz CT molecular complexity index is 2320. The maximum absolute atomic E-state index is 5.70. The summed E-state index contributed by atoms with van der Waals surface area (Å²) in [5.41, 5.74) is 17.1. The van der Waals surface area contributed by atoms with Gasteiger partial charge in [-0.3, -0.25) is 9.97 Å². The minimum absolute atomic E-state index is 0.634. The Labute approximate surface area is 275 Å². The monoisotopic (exact) mass is 611 g/mol. The third kappa shape index (κ3) is 2.46. The van der Waals surface area contributed by atoms with Gasteiger partial charge in [-0.15, -0.1) is 0 Å². The highest BCUT2D eigenvalue weighted by Gasteiger charge is 2.67. The average molecular weight is 612 g/mol. The number of hydrogen-bond acceptors (Lipinski definition) is 2. The molecule has 2 spiro atoms. The first-order chi connectivity index (χ1) is 23.0. The van der Waals surface area contributed by atoms with Crippen molar-refractivity contribution in [1.82, 2.24) is 14.4 Å². The molecule has 0 radical (unpaired) electrons. The van der Waals surface area contributed by atoms with Crippen molar-refractivity contribution >= 4 is 38.1 Å². The topological polar surface area (TPSA) is 30.2 Å². The second kappa shape index (κ2) is 7.41. The molecule has 4 aromatic heterocycles. The minimum atomic E-state index is 0.634. The van der Waals surface area contributed by atoms with Gasteiger partial charge in [0.05, 0.1) is 27.9 Å². The van der Waals surface area contributed by atoms with Gasteiger partial charge in [-0.25, -0.2) is 0 Å². The molecule has 6 bridgehead atoms. The van der Waals surface area contributed by atoms with E-state index >= 15 is 0 Å². The van der Waals surface area contributed by atoms with E-state index in [2.05, 4.69) is 60.7 Å². The summed E-state index contributed by atoms with van der Waals surface area (Å²) in [5.74, 6) is 6.53. The van der Waals surface area contributed by atoms with Crippen LogP contribution in [-0.2, 0) is 0 Å². The summed E-state index contributed by atoms with van der Waals surface area (Å²) in [7, 11) is 0. The number of aryl methyl sites for hydroxylation is 2. The Morgan fingerprint density at radius 3 is 1.53 bits per heavy atom. The second-order valence-corrected chi connectivity index (χ2v) is 18.3. The number of benzene rings is 2. The number of fused-ring (bicyclic) bond motifs is 18. The first-order valence-corrected chi connectivity index (χ1v) is 19.1. The zero-order valence-electron chi connectivity index (χ0n) is 27.6. The van der Waals surface area contributed by atoms with E-state index in [9.17, 15) is 0 Å². The number of nitrogens with zero attached hydrogens (tertiary/aromatic N) is 3. The van der Waals surface area contributed by atoms with Crippen molar-refractivity contribution in [2.75, 3.05) is 0 Å². The number of hydrogen-bond donors (Lipinski definition) is 0. The average Bonchev–Trinajstić information content (AvgIpc) is 3.86. The Balaban J connectivity index is 1.17. The lowest BCUT2D eigenvalue weighted by molar-refractivity contribution is 0.00321. The predicted molar refractivity (Wildman–Crippen MR) is 188 cm³/mol. The van der Waals surface area contributed by atoms with E-state index in [1.54, 1.807) is 21.9 Å². The van der Waals surface area contributed by atoms with Gasteiger partial charge in [0, 0.05) is 44.8 Å². The van der Waals surface area contributed by atoms with Crippen molar-refractivity contribution in [3.63, 3.8) is 0 Å². The quantitative estimate of drug-likeness (QED) is 0.185. The Kier molecular flexibility index (Phi) is 3.89. The van der Waals surface area contributed by atoms with E-state index in [-0.39, 0.29) is 0 Å². The minimum Gasteiger partial charge on any atom is -0.304 e. The first kappa shape index (κ1) is 24.6. The highest BCUT2D eigenvalue weighted by atomic mass is 15.0. The van der Waals surface area contributed by atoms with Crippen LogP contribution < -0.4 is 0 Å². The molecule has 4 heterocycles. The Hall–Kier alpha value is -3.46. The van der Waals surface area contributed by atoms with Crippen LogP contribution in [0.3, 0.4) is 0 Å². The molecular weight excluding hydrogens is 571 g/mol. The SMILES string of the molecule is Cc1nc2c(c3c4cc(-c5ccccc5)cc5c6c7c(nc(C)c6n(c13)c45)C1CC3CC4CC7CC34C1)C1CC3CC4CC2CC43C1. The predicted octanol–water partition coefficient (Wildman–Crippen LogP) is 10.7. The van der Waals surface area contributed by atoms with Crippen LogP contribution in [0.2, 0.25) is 0 Å². The van der Waals surface area contributed by atoms with Gasteiger partial charge in [0.25, 0.3) is 0 Å². The van der Waals surface area contributed by atoms with Gasteiger partial charge < -0.3 is 4.40 Å². The molecule has 6 aromatic rings. The van der Waals surface area contributed by atoms with Gasteiger partial charge in [0.1, 0.15) is 0 Å². The number of aromatic nitrogens is 3. The zero-order valence-corrected chi connectivity index (χ0v) is 27.6. The molecule has 232 valence electrons. The van der Waals surface area contributed by atoms with E-state index in [0.717, 1.165) is 23.7 Å². The first-order valence-electron chi connectivity index (χ1n) is 19.1. The van der Waals surface area contributed by atoms with Crippen molar-refractivity contribution in [1.29, 1.82) is 0 Å². The van der Waals surface area contributed by atoms with Gasteiger partial charge in [-0.1, -0.05) is 30.3 Å². The van der Waals surface area contributed by atoms with Crippen LogP contribution in [0.25, 0.3) is 49.2 Å². The van der Waals surface area contributed by atoms with E-state index in [4.69, 9.17) is 9.97 Å². The van der Waals surface area contributed by atoms with Gasteiger partial charge in [0.2, 0.25) is 0 Å². The van der Waals surface area contributed by atoms with Crippen LogP contribution in [0.1, 0.15) is 122 Å². The molecule has 8 aliphatic carbocycles. The number of pyridine rings is 2. The highest BCUT2D eigenvalue weighted by Crippen LogP contribution is 2.78. The summed E-state index contributed by atoms with van der Waals surface area (Å²) < 4.78 is 2.72. The van der Waals surface area contributed by atoms with Gasteiger partial charge in [-0.2, -0.15) is 0 Å². The van der Waals surface area contributed by atoms with Gasteiger partial charge in [-0.05, 0) is 159 Å². The largest absolute Gasteiger partial charge is 0.304 e. The molecule has 8 aliphatic rings. The molecule has 10 atom stereocenters. The molecule has 0 aliphatic heterocycles. The summed E-state index contributed by atoms with van der Waals surface area (Å²) in [6, 6.07) is 16.4. The summed E-state index contributed by atoms with van der Waals surface area (Å²) in [6.07, 6.45) is 14.2. The number of rotatable bonds is 1. The highest BCUT2D eigenvalue weighted by molar-refractivity contribution is 6.26. The molecule has 6 saturated carbocycles. The molecular formula is C44H41N3. The van der Waals surface area contributed by atoms with E-state index in [1.807, 2.05) is 0 Å². The molecule has 2 aromatic carbocycles. The fraction of sp³-hybridized carbons (Fsp3) is 0.500. The summed E-state index contributed by atoms with van der Waals surface area (Å²) >= 11 is 0. The summed E-state index contributed by atoms with van der Waals surface area (Å²) in [6.45, 7) is 4.68. The third-order valence-electron chi connectivity index (χ3n) is 17.0. The molecule has 0 saturated heterocycles. The van der Waals surface area contributed by atoms with Crippen LogP contribution in [0.15, 0.2) is 42.5 Å². The summed E-state index contributed by atoms with van der Waals surface area (Å²) in [5, 5.41) is 6.11. The smallest absolute Gasteiger partial charge is 0.0758 e. The molecule has 0 N–H and O–H groups in total. The molecule has 6 fully saturated rings. The molecule has 10 unspecified atom stereocenters. The van der Waals surface area contributed by atoms with E-state index < -0.39 is 0 Å². The standard InChI is InChI=1S/C44H41N3/c1-20-40-36(34-24-8-28-14-30-10-26(38(34)45-20)18-43(28,30)16-24)32-12-23(22-6-4-3-5-7-22)13-33-37-35-25-9-29-15-31-11-27(19-44(29,31)17-25)39(35)46-21(2)41(37)47(40)42(32)33/h3-7,12-13,24-31H,8-11,14-19H2,1-2H3. The normalized spacial score (nSPS) is 39.4. The zero-order chi connectivity index (χ0) is 30.3. The van der Waals surface area contributed by atoms with Gasteiger partial charge in [0.15, 0.2) is 0 Å². The maximum Gasteiger partial charge on any atom is 0.0758 e. The molecule has 3 nitrogen and oxygen atoms in total. The van der Waals surface area contributed by atoms with Crippen LogP contribution in [0, 0.1) is 48.3 Å². The lowest BCUT2D eigenvalue weighted by atomic mass is 9.56. The molecule has 0 amide bonds. The Morgan fingerprint density at radius 2 is 1.02 bits per heavy atom. The maximum atomic E-state index is 5.70. The van der Waals surface area contributed by atoms with Crippen LogP contribution >= 0.6 is 0 Å². The fourth-order valence-corrected chi connectivity index (χ4v) is 15.6. The van der Waals surface area contributed by atoms with Crippen molar-refractivity contribution in [3.8, 4) is 11.1 Å². The van der Waals surface area contributed by atoms with Crippen LogP contribution in [0.4, 0.5) is 0 Å². The molecule has 3 heteroatoms. The molecule has 47 heavy (non-hydrogen) atoms. The third-order valence-corrected chi connectivity index (χ3v) is 17.0. The van der Waals surface area contributed by atoms with Crippen molar-refractivity contribution < 1.29 is 0 Å². The second-order valence-electron chi connectivity index (χ2n) is 18.3. The summed E-state index contributed by atoms with van der Waals surface area (Å²) in [4.78, 5) is 11.4. The van der Waals surface area contributed by atoms with Crippen LogP contribution in [-0.4, -0.2) is 14.4 Å². The van der Waals surface area contributed by atoms with Crippen LogP contribution in [0.5, 0.6) is 0 Å². The lowest BCUT2D eigenvalue weighted by Gasteiger charge is -2.48. The van der Waals surface area contributed by atoms with E-state index in [0.29, 0.717) is 34.5 Å². The van der Waals surface area contributed by atoms with Crippen molar-refractivity contribution in [2.45, 2.75) is 102 Å².